The van der Waals surface area contributed by atoms with Gasteiger partial charge in [0.25, 0.3) is 15.9 Å². The molecule has 3 rings (SSSR count). The Morgan fingerprint density at radius 1 is 1.00 bits per heavy atom. The number of carbonyl (C=O) groups excluding carboxylic acids is 1. The number of carbonyl (C=O) groups is 1. The first-order chi connectivity index (χ1) is 16.2. The molecule has 188 valence electrons. The summed E-state index contributed by atoms with van der Waals surface area (Å²) < 4.78 is 37.7. The maximum absolute atomic E-state index is 12.5. The van der Waals surface area contributed by atoms with E-state index in [-0.39, 0.29) is 34.1 Å². The molecular formula is C26H33N3O5S. The lowest BCUT2D eigenvalue weighted by Crippen LogP contribution is -2.24. The van der Waals surface area contributed by atoms with Crippen molar-refractivity contribution >= 4 is 27.4 Å². The second-order valence-corrected chi connectivity index (χ2v) is 12.1. The second kappa shape index (κ2) is 10.1. The van der Waals surface area contributed by atoms with E-state index in [9.17, 15) is 13.2 Å². The zero-order chi connectivity index (χ0) is 25.9. The number of amides is 1. The Bertz CT molecular complexity index is 1260. The number of nitrogens with one attached hydrogen (secondary N) is 2. The molecule has 0 atom stereocenters. The van der Waals surface area contributed by atoms with Crippen molar-refractivity contribution in [1.29, 1.82) is 0 Å². The quantitative estimate of drug-likeness (QED) is 0.401. The van der Waals surface area contributed by atoms with Crippen molar-refractivity contribution in [1.82, 2.24) is 5.16 Å². The van der Waals surface area contributed by atoms with Crippen LogP contribution in [0.5, 0.6) is 5.75 Å². The fourth-order valence-corrected chi connectivity index (χ4v) is 5.09. The average molecular weight is 500 g/mol. The standard InChI is InChI=1S/C26H33N3O5S/c1-18-15-23(28-34-18)29-35(31,32)22-13-9-20(10-14-22)27-24(30)16-33-21-11-7-19(8-12-21)26(5,6)17-25(2,3)4/h7-15H,16-17H2,1-6H3,(H,27,30)(H,28,29). The van der Waals surface area contributed by atoms with Crippen LogP contribution in [0.3, 0.4) is 0 Å². The fraction of sp³-hybridized carbons (Fsp3) is 0.385. The van der Waals surface area contributed by atoms with Crippen molar-refractivity contribution in [2.45, 2.75) is 58.3 Å². The van der Waals surface area contributed by atoms with Crippen LogP contribution in [0.15, 0.2) is 64.0 Å². The Hall–Kier alpha value is -3.33. The van der Waals surface area contributed by atoms with Gasteiger partial charge < -0.3 is 14.6 Å². The molecule has 8 nitrogen and oxygen atoms in total. The molecule has 9 heteroatoms. The minimum atomic E-state index is -3.83. The van der Waals surface area contributed by atoms with Crippen molar-refractivity contribution in [2.24, 2.45) is 5.41 Å². The van der Waals surface area contributed by atoms with Crippen molar-refractivity contribution in [3.8, 4) is 5.75 Å². The summed E-state index contributed by atoms with van der Waals surface area (Å²) in [6, 6.07) is 15.1. The molecule has 1 amide bonds. The Labute approximate surface area is 207 Å². The number of aryl methyl sites for hydroxylation is 1. The van der Waals surface area contributed by atoms with Gasteiger partial charge in [-0.1, -0.05) is 51.9 Å². The van der Waals surface area contributed by atoms with E-state index >= 15 is 0 Å². The number of rotatable bonds is 9. The SMILES string of the molecule is Cc1cc(NS(=O)(=O)c2ccc(NC(=O)COc3ccc(C(C)(C)CC(C)(C)C)cc3)cc2)no1. The summed E-state index contributed by atoms with van der Waals surface area (Å²) in [4.78, 5) is 12.3. The van der Waals surface area contributed by atoms with E-state index in [0.717, 1.165) is 6.42 Å². The van der Waals surface area contributed by atoms with Gasteiger partial charge in [0.15, 0.2) is 12.4 Å². The van der Waals surface area contributed by atoms with Crippen molar-refractivity contribution in [3.63, 3.8) is 0 Å². The van der Waals surface area contributed by atoms with Gasteiger partial charge in [-0.15, -0.1) is 0 Å². The van der Waals surface area contributed by atoms with E-state index in [0.29, 0.717) is 17.2 Å². The Morgan fingerprint density at radius 2 is 1.63 bits per heavy atom. The molecule has 3 aromatic rings. The largest absolute Gasteiger partial charge is 0.484 e. The molecule has 0 fully saturated rings. The number of ether oxygens (including phenoxy) is 1. The van der Waals surface area contributed by atoms with E-state index in [1.807, 2.05) is 24.3 Å². The summed E-state index contributed by atoms with van der Waals surface area (Å²) >= 11 is 0. The number of nitrogens with zero attached hydrogens (tertiary/aromatic N) is 1. The predicted molar refractivity (Wildman–Crippen MR) is 136 cm³/mol. The van der Waals surface area contributed by atoms with Crippen molar-refractivity contribution in [3.05, 3.63) is 65.9 Å². The summed E-state index contributed by atoms with van der Waals surface area (Å²) in [6.45, 7) is 12.6. The zero-order valence-corrected chi connectivity index (χ0v) is 21.8. The number of sulfonamides is 1. The van der Waals surface area contributed by atoms with Gasteiger partial charge in [-0.2, -0.15) is 0 Å². The molecule has 1 aromatic heterocycles. The molecule has 35 heavy (non-hydrogen) atoms. The number of hydrogen-bond acceptors (Lipinski definition) is 6. The summed E-state index contributed by atoms with van der Waals surface area (Å²) in [7, 11) is -3.83. The van der Waals surface area contributed by atoms with Crippen LogP contribution in [-0.2, 0) is 20.2 Å². The first-order valence-corrected chi connectivity index (χ1v) is 12.8. The summed E-state index contributed by atoms with van der Waals surface area (Å²) in [5.41, 5.74) is 1.91. The number of hydrogen-bond donors (Lipinski definition) is 2. The maximum atomic E-state index is 12.5. The monoisotopic (exact) mass is 499 g/mol. The van der Waals surface area contributed by atoms with Gasteiger partial charge in [0, 0.05) is 11.8 Å². The molecule has 0 spiro atoms. The lowest BCUT2D eigenvalue weighted by atomic mass is 9.72. The third kappa shape index (κ3) is 7.58. The lowest BCUT2D eigenvalue weighted by Gasteiger charge is -2.33. The van der Waals surface area contributed by atoms with Crippen LogP contribution in [0.2, 0.25) is 0 Å². The lowest BCUT2D eigenvalue weighted by molar-refractivity contribution is -0.118. The predicted octanol–water partition coefficient (Wildman–Crippen LogP) is 5.52. The Kier molecular flexibility index (Phi) is 7.59. The van der Waals surface area contributed by atoms with Gasteiger partial charge >= 0.3 is 0 Å². The van der Waals surface area contributed by atoms with E-state index in [4.69, 9.17) is 9.26 Å². The van der Waals surface area contributed by atoms with Crippen LogP contribution < -0.4 is 14.8 Å². The summed E-state index contributed by atoms with van der Waals surface area (Å²) in [6.07, 6.45) is 1.04. The average Bonchev–Trinajstić information content (AvgIpc) is 3.15. The molecule has 0 unspecified atom stereocenters. The first-order valence-electron chi connectivity index (χ1n) is 11.3. The fourth-order valence-electron chi connectivity index (χ4n) is 4.10. The zero-order valence-electron chi connectivity index (χ0n) is 21.0. The highest BCUT2D eigenvalue weighted by molar-refractivity contribution is 7.92. The molecule has 1 heterocycles. The third-order valence-electron chi connectivity index (χ3n) is 5.29. The van der Waals surface area contributed by atoms with Crippen LogP contribution in [0.4, 0.5) is 11.5 Å². The van der Waals surface area contributed by atoms with E-state index < -0.39 is 10.0 Å². The van der Waals surface area contributed by atoms with Gasteiger partial charge in [0.05, 0.1) is 4.90 Å². The molecule has 0 bridgehead atoms. The highest BCUT2D eigenvalue weighted by atomic mass is 32.2. The second-order valence-electron chi connectivity index (χ2n) is 10.4. The van der Waals surface area contributed by atoms with Crippen LogP contribution in [-0.4, -0.2) is 26.1 Å². The summed E-state index contributed by atoms with van der Waals surface area (Å²) in [5.74, 6) is 0.839. The summed E-state index contributed by atoms with van der Waals surface area (Å²) in [5, 5.41) is 6.32. The third-order valence-corrected chi connectivity index (χ3v) is 6.66. The van der Waals surface area contributed by atoms with Gasteiger partial charge in [0.2, 0.25) is 0 Å². The minimum Gasteiger partial charge on any atom is -0.484 e. The molecule has 0 aliphatic rings. The normalized spacial score (nSPS) is 12.3. The topological polar surface area (TPSA) is 111 Å². The number of anilines is 2. The maximum Gasteiger partial charge on any atom is 0.263 e. The van der Waals surface area contributed by atoms with E-state index in [1.165, 1.54) is 35.9 Å². The highest BCUT2D eigenvalue weighted by Crippen LogP contribution is 2.36. The van der Waals surface area contributed by atoms with Gasteiger partial charge in [-0.3, -0.25) is 9.52 Å². The molecule has 0 aliphatic carbocycles. The van der Waals surface area contributed by atoms with Gasteiger partial charge in [-0.05, 0) is 66.1 Å². The van der Waals surface area contributed by atoms with Crippen molar-refractivity contribution < 1.29 is 22.5 Å². The Balaban J connectivity index is 1.53. The van der Waals surface area contributed by atoms with Crippen LogP contribution in [0.1, 0.15) is 52.4 Å². The molecular weight excluding hydrogens is 466 g/mol. The number of aromatic nitrogens is 1. The number of benzene rings is 2. The van der Waals surface area contributed by atoms with Crippen LogP contribution >= 0.6 is 0 Å². The van der Waals surface area contributed by atoms with Crippen LogP contribution in [0.25, 0.3) is 0 Å². The van der Waals surface area contributed by atoms with Gasteiger partial charge in [0.1, 0.15) is 11.5 Å². The molecule has 2 N–H and O–H groups in total. The van der Waals surface area contributed by atoms with Crippen molar-refractivity contribution in [2.75, 3.05) is 16.6 Å². The smallest absolute Gasteiger partial charge is 0.263 e. The highest BCUT2D eigenvalue weighted by Gasteiger charge is 2.27. The first kappa shape index (κ1) is 26.3. The molecule has 0 saturated heterocycles. The molecule has 0 saturated carbocycles. The van der Waals surface area contributed by atoms with Gasteiger partial charge in [-0.25, -0.2) is 8.42 Å². The Morgan fingerprint density at radius 3 is 2.17 bits per heavy atom. The van der Waals surface area contributed by atoms with E-state index in [2.05, 4.69) is 49.8 Å². The van der Waals surface area contributed by atoms with E-state index in [1.54, 1.807) is 6.92 Å². The molecule has 2 aromatic carbocycles. The van der Waals surface area contributed by atoms with Crippen LogP contribution in [0, 0.1) is 12.3 Å². The molecule has 0 radical (unpaired) electrons. The molecule has 0 aliphatic heterocycles. The minimum absolute atomic E-state index is 0.0251.